The molecule has 2 amide bonds. The number of nitrogens with one attached hydrogen (secondary N) is 2. The summed E-state index contributed by atoms with van der Waals surface area (Å²) < 4.78 is 10.3. The summed E-state index contributed by atoms with van der Waals surface area (Å²) in [7, 11) is 3.13. The topological polar surface area (TPSA) is 59.6 Å². The van der Waals surface area contributed by atoms with Gasteiger partial charge < -0.3 is 20.1 Å². The number of benzene rings is 1. The van der Waals surface area contributed by atoms with Crippen LogP contribution in [0, 0.1) is 0 Å². The van der Waals surface area contributed by atoms with Gasteiger partial charge in [0.05, 0.1) is 20.8 Å². The number of ether oxygens (including phenoxy) is 2. The van der Waals surface area contributed by atoms with E-state index in [-0.39, 0.29) is 6.03 Å². The molecule has 0 aliphatic rings. The monoisotopic (exact) mass is 292 g/mol. The molecule has 5 nitrogen and oxygen atoms in total. The maximum atomic E-state index is 11.8. The largest absolute Gasteiger partial charge is 0.497 e. The van der Waals surface area contributed by atoms with Gasteiger partial charge in [-0.3, -0.25) is 0 Å². The molecular weight excluding hydrogens is 276 g/mol. The lowest BCUT2D eigenvalue weighted by atomic mass is 10.3. The quantitative estimate of drug-likeness (QED) is 0.890. The second kappa shape index (κ2) is 6.81. The van der Waals surface area contributed by atoms with Crippen LogP contribution in [0.25, 0.3) is 0 Å². The number of hydrogen-bond donors (Lipinski definition) is 2. The van der Waals surface area contributed by atoms with Crippen LogP contribution in [0.2, 0.25) is 0 Å². The van der Waals surface area contributed by atoms with E-state index < -0.39 is 0 Å². The zero-order valence-corrected chi connectivity index (χ0v) is 12.1. The molecule has 6 heteroatoms. The molecule has 2 N–H and O–H groups in total. The molecular formula is C14H16N2O3S. The molecule has 0 spiro atoms. The smallest absolute Gasteiger partial charge is 0.319 e. The van der Waals surface area contributed by atoms with Crippen LogP contribution in [0.15, 0.2) is 35.7 Å². The van der Waals surface area contributed by atoms with Gasteiger partial charge in [0.15, 0.2) is 0 Å². The van der Waals surface area contributed by atoms with Gasteiger partial charge in [0.1, 0.15) is 11.5 Å². The average molecular weight is 292 g/mol. The highest BCUT2D eigenvalue weighted by Gasteiger charge is 2.06. The summed E-state index contributed by atoms with van der Waals surface area (Å²) in [4.78, 5) is 12.9. The van der Waals surface area contributed by atoms with Gasteiger partial charge in [-0.25, -0.2) is 4.79 Å². The van der Waals surface area contributed by atoms with E-state index >= 15 is 0 Å². The van der Waals surface area contributed by atoms with Crippen molar-refractivity contribution >= 4 is 23.1 Å². The number of carbonyl (C=O) groups is 1. The molecule has 0 saturated heterocycles. The minimum absolute atomic E-state index is 0.270. The highest BCUT2D eigenvalue weighted by atomic mass is 32.1. The Labute approximate surface area is 121 Å². The first-order chi connectivity index (χ1) is 9.71. The van der Waals surface area contributed by atoms with Gasteiger partial charge in [0, 0.05) is 28.8 Å². The van der Waals surface area contributed by atoms with Crippen LogP contribution in [0.4, 0.5) is 10.5 Å². The zero-order chi connectivity index (χ0) is 14.4. The van der Waals surface area contributed by atoms with Crippen molar-refractivity contribution in [1.29, 1.82) is 0 Å². The number of methoxy groups -OCH3 is 2. The number of rotatable bonds is 5. The SMILES string of the molecule is COc1cc(NC(=O)NCc2cccs2)cc(OC)c1. The van der Waals surface area contributed by atoms with E-state index in [4.69, 9.17) is 9.47 Å². The van der Waals surface area contributed by atoms with Gasteiger partial charge in [-0.05, 0) is 11.4 Å². The van der Waals surface area contributed by atoms with Gasteiger partial charge in [-0.1, -0.05) is 6.07 Å². The molecule has 0 atom stereocenters. The predicted octanol–water partition coefficient (Wildman–Crippen LogP) is 3.09. The Hall–Kier alpha value is -2.21. The van der Waals surface area contributed by atoms with Gasteiger partial charge >= 0.3 is 6.03 Å². The van der Waals surface area contributed by atoms with Crippen molar-refractivity contribution < 1.29 is 14.3 Å². The van der Waals surface area contributed by atoms with Crippen LogP contribution in [0.3, 0.4) is 0 Å². The van der Waals surface area contributed by atoms with Gasteiger partial charge in [-0.15, -0.1) is 11.3 Å². The third-order valence-corrected chi connectivity index (χ3v) is 3.49. The predicted molar refractivity (Wildman–Crippen MR) is 79.7 cm³/mol. The number of anilines is 1. The fourth-order valence-electron chi connectivity index (χ4n) is 1.64. The molecule has 0 aliphatic carbocycles. The molecule has 0 radical (unpaired) electrons. The zero-order valence-electron chi connectivity index (χ0n) is 11.3. The van der Waals surface area contributed by atoms with E-state index in [9.17, 15) is 4.79 Å². The number of amides is 2. The summed E-state index contributed by atoms with van der Waals surface area (Å²) in [5, 5.41) is 7.51. The molecule has 0 bridgehead atoms. The second-order valence-corrected chi connectivity index (χ2v) is 5.02. The number of carbonyl (C=O) groups excluding carboxylic acids is 1. The van der Waals surface area contributed by atoms with E-state index in [0.29, 0.717) is 23.7 Å². The van der Waals surface area contributed by atoms with Crippen LogP contribution in [0.1, 0.15) is 4.88 Å². The lowest BCUT2D eigenvalue weighted by molar-refractivity contribution is 0.252. The highest BCUT2D eigenvalue weighted by molar-refractivity contribution is 7.09. The highest BCUT2D eigenvalue weighted by Crippen LogP contribution is 2.25. The molecule has 1 aromatic carbocycles. The Bertz CT molecular complexity index is 548. The molecule has 0 saturated carbocycles. The van der Waals surface area contributed by atoms with Gasteiger partial charge in [-0.2, -0.15) is 0 Å². The lowest BCUT2D eigenvalue weighted by Gasteiger charge is -2.10. The van der Waals surface area contributed by atoms with Crippen LogP contribution < -0.4 is 20.1 Å². The van der Waals surface area contributed by atoms with Crippen molar-refractivity contribution in [1.82, 2.24) is 5.32 Å². The molecule has 1 heterocycles. The fourth-order valence-corrected chi connectivity index (χ4v) is 2.28. The van der Waals surface area contributed by atoms with Crippen molar-refractivity contribution in [2.75, 3.05) is 19.5 Å². The summed E-state index contributed by atoms with van der Waals surface area (Å²) in [6.07, 6.45) is 0. The summed E-state index contributed by atoms with van der Waals surface area (Å²) in [5.41, 5.74) is 0.616. The molecule has 106 valence electrons. The standard InChI is InChI=1S/C14H16N2O3S/c1-18-11-6-10(7-12(8-11)19-2)16-14(17)15-9-13-4-3-5-20-13/h3-8H,9H2,1-2H3,(H2,15,16,17). The minimum Gasteiger partial charge on any atom is -0.497 e. The summed E-state index contributed by atoms with van der Waals surface area (Å²) in [5.74, 6) is 1.25. The Morgan fingerprint density at radius 3 is 2.45 bits per heavy atom. The molecule has 20 heavy (non-hydrogen) atoms. The maximum absolute atomic E-state index is 11.8. The Morgan fingerprint density at radius 1 is 1.20 bits per heavy atom. The van der Waals surface area contributed by atoms with Crippen molar-refractivity contribution in [3.05, 3.63) is 40.6 Å². The van der Waals surface area contributed by atoms with Gasteiger partial charge in [0.25, 0.3) is 0 Å². The van der Waals surface area contributed by atoms with Crippen LogP contribution in [-0.4, -0.2) is 20.3 Å². The van der Waals surface area contributed by atoms with Crippen molar-refractivity contribution in [2.45, 2.75) is 6.54 Å². The van der Waals surface area contributed by atoms with E-state index in [0.717, 1.165) is 4.88 Å². The molecule has 2 aromatic rings. The lowest BCUT2D eigenvalue weighted by Crippen LogP contribution is -2.27. The third kappa shape index (κ3) is 3.89. The van der Waals surface area contributed by atoms with E-state index in [1.165, 1.54) is 0 Å². The molecule has 0 fully saturated rings. The van der Waals surface area contributed by atoms with Gasteiger partial charge in [0.2, 0.25) is 0 Å². The normalized spacial score (nSPS) is 9.90. The summed E-state index contributed by atoms with van der Waals surface area (Å²) in [6.45, 7) is 0.505. The third-order valence-electron chi connectivity index (χ3n) is 2.61. The molecule has 0 aliphatic heterocycles. The van der Waals surface area contributed by atoms with Crippen molar-refractivity contribution in [2.24, 2.45) is 0 Å². The Morgan fingerprint density at radius 2 is 1.90 bits per heavy atom. The second-order valence-electron chi connectivity index (χ2n) is 3.99. The number of urea groups is 1. The Kier molecular flexibility index (Phi) is 4.84. The maximum Gasteiger partial charge on any atom is 0.319 e. The number of thiophene rings is 1. The van der Waals surface area contributed by atoms with Crippen LogP contribution in [-0.2, 0) is 6.54 Å². The first kappa shape index (κ1) is 14.2. The number of hydrogen-bond acceptors (Lipinski definition) is 4. The fraction of sp³-hybridized carbons (Fsp3) is 0.214. The molecule has 1 aromatic heterocycles. The van der Waals surface area contributed by atoms with Crippen molar-refractivity contribution in [3.8, 4) is 11.5 Å². The van der Waals surface area contributed by atoms with Crippen LogP contribution in [0.5, 0.6) is 11.5 Å². The average Bonchev–Trinajstić information content (AvgIpc) is 2.98. The molecule has 2 rings (SSSR count). The Balaban J connectivity index is 1.96. The summed E-state index contributed by atoms with van der Waals surface area (Å²) >= 11 is 1.60. The first-order valence-electron chi connectivity index (χ1n) is 6.01. The molecule has 0 unspecified atom stereocenters. The van der Waals surface area contributed by atoms with E-state index in [1.54, 1.807) is 43.8 Å². The van der Waals surface area contributed by atoms with Crippen molar-refractivity contribution in [3.63, 3.8) is 0 Å². The van der Waals surface area contributed by atoms with E-state index in [2.05, 4.69) is 10.6 Å². The summed E-state index contributed by atoms with van der Waals surface area (Å²) in [6, 6.07) is 8.86. The minimum atomic E-state index is -0.270. The van der Waals surface area contributed by atoms with E-state index in [1.807, 2.05) is 17.5 Å². The van der Waals surface area contributed by atoms with Crippen LogP contribution >= 0.6 is 11.3 Å². The first-order valence-corrected chi connectivity index (χ1v) is 6.89.